The fourth-order valence-corrected chi connectivity index (χ4v) is 4.30. The molecule has 5 rings (SSSR count). The normalized spacial score (nSPS) is 21.6. The van der Waals surface area contributed by atoms with Crippen LogP contribution in [0, 0.1) is 0 Å². The van der Waals surface area contributed by atoms with Gasteiger partial charge >= 0.3 is 0 Å². The molecule has 3 heterocycles. The summed E-state index contributed by atoms with van der Waals surface area (Å²) in [4.78, 5) is 20.9. The van der Waals surface area contributed by atoms with Gasteiger partial charge in [0.25, 0.3) is 5.91 Å². The van der Waals surface area contributed by atoms with E-state index in [2.05, 4.69) is 35.2 Å². The molecule has 0 aliphatic heterocycles. The van der Waals surface area contributed by atoms with Crippen LogP contribution in [0.4, 0.5) is 15.9 Å². The lowest BCUT2D eigenvalue weighted by Crippen LogP contribution is -2.51. The van der Waals surface area contributed by atoms with Crippen LogP contribution in [0.2, 0.25) is 0 Å². The number of hydrogen-bond donors (Lipinski definition) is 3. The monoisotopic (exact) mass is 397 g/mol. The molecule has 3 aromatic heterocycles. The second-order valence-corrected chi connectivity index (χ2v) is 7.99. The quantitative estimate of drug-likeness (QED) is 0.487. The van der Waals surface area contributed by atoms with Gasteiger partial charge in [-0.3, -0.25) is 9.89 Å². The Hall–Kier alpha value is -3.14. The highest BCUT2D eigenvalue weighted by Gasteiger charge is 2.41. The van der Waals surface area contributed by atoms with Gasteiger partial charge in [0.05, 0.1) is 4.70 Å². The van der Waals surface area contributed by atoms with Crippen LogP contribution in [-0.2, 0) is 0 Å². The Labute approximate surface area is 162 Å². The zero-order valence-corrected chi connectivity index (χ0v) is 15.7. The molecule has 142 valence electrons. The molecule has 10 heteroatoms. The molecule has 28 heavy (non-hydrogen) atoms. The molecule has 1 aliphatic carbocycles. The highest BCUT2D eigenvalue weighted by Crippen LogP contribution is 2.36. The lowest BCUT2D eigenvalue weighted by atomic mass is 9.79. The van der Waals surface area contributed by atoms with Crippen molar-refractivity contribution in [3.8, 4) is 0 Å². The summed E-state index contributed by atoms with van der Waals surface area (Å²) in [6, 6.07) is 5.47. The van der Waals surface area contributed by atoms with E-state index < -0.39 is 5.67 Å². The third-order valence-corrected chi connectivity index (χ3v) is 5.63. The molecule has 1 saturated carbocycles. The van der Waals surface area contributed by atoms with Gasteiger partial charge in [-0.05, 0) is 36.7 Å². The van der Waals surface area contributed by atoms with E-state index in [9.17, 15) is 9.18 Å². The lowest BCUT2D eigenvalue weighted by Gasteiger charge is -2.38. The molecule has 1 amide bonds. The summed E-state index contributed by atoms with van der Waals surface area (Å²) >= 11 is 1.24. The molecule has 1 fully saturated rings. The summed E-state index contributed by atoms with van der Waals surface area (Å²) < 4.78 is 18.8. The minimum absolute atomic E-state index is 0.130. The van der Waals surface area contributed by atoms with Crippen molar-refractivity contribution in [3.63, 3.8) is 0 Å². The second kappa shape index (κ2) is 6.20. The number of carbonyl (C=O) groups is 1. The Morgan fingerprint density at radius 2 is 2.14 bits per heavy atom. The summed E-state index contributed by atoms with van der Waals surface area (Å²) in [6.07, 6.45) is 3.89. The van der Waals surface area contributed by atoms with Crippen LogP contribution in [0.25, 0.3) is 21.3 Å². The SMILES string of the molecule is CC1(F)CC(NC(=O)c2nsc3cc(Nc4n[nH]c5nccnc45)ccc23)C1. The van der Waals surface area contributed by atoms with Gasteiger partial charge in [0.15, 0.2) is 17.0 Å². The number of nitrogens with zero attached hydrogens (tertiary/aromatic N) is 4. The number of benzene rings is 1. The molecule has 1 aliphatic rings. The first-order chi connectivity index (χ1) is 13.5. The molecular formula is C18H16FN7OS. The highest BCUT2D eigenvalue weighted by atomic mass is 32.1. The molecule has 0 atom stereocenters. The molecule has 0 unspecified atom stereocenters. The summed E-state index contributed by atoms with van der Waals surface area (Å²) in [6.45, 7) is 1.55. The predicted octanol–water partition coefficient (Wildman–Crippen LogP) is 3.33. The van der Waals surface area contributed by atoms with Crippen LogP contribution in [0.5, 0.6) is 0 Å². The van der Waals surface area contributed by atoms with Gasteiger partial charge < -0.3 is 10.6 Å². The van der Waals surface area contributed by atoms with E-state index in [1.54, 1.807) is 19.3 Å². The smallest absolute Gasteiger partial charge is 0.271 e. The maximum atomic E-state index is 13.6. The summed E-state index contributed by atoms with van der Waals surface area (Å²) in [5, 5.41) is 13.9. The first kappa shape index (κ1) is 17.0. The van der Waals surface area contributed by atoms with Gasteiger partial charge in [-0.2, -0.15) is 9.47 Å². The topological polar surface area (TPSA) is 108 Å². The Morgan fingerprint density at radius 3 is 2.96 bits per heavy atom. The second-order valence-electron chi connectivity index (χ2n) is 7.18. The van der Waals surface area contributed by atoms with Gasteiger partial charge in [-0.15, -0.1) is 0 Å². The first-order valence-electron chi connectivity index (χ1n) is 8.80. The number of aromatic nitrogens is 5. The third-order valence-electron chi connectivity index (χ3n) is 4.83. The van der Waals surface area contributed by atoms with Crippen molar-refractivity contribution in [2.24, 2.45) is 0 Å². The Morgan fingerprint density at radius 1 is 1.32 bits per heavy atom. The number of H-pyrrole nitrogens is 1. The fourth-order valence-electron chi connectivity index (χ4n) is 3.48. The molecule has 1 aromatic carbocycles. The Bertz CT molecular complexity index is 1190. The van der Waals surface area contributed by atoms with Gasteiger partial charge in [0.1, 0.15) is 11.4 Å². The molecule has 0 bridgehead atoms. The molecule has 3 N–H and O–H groups in total. The van der Waals surface area contributed by atoms with E-state index >= 15 is 0 Å². The van der Waals surface area contributed by atoms with Crippen molar-refractivity contribution in [2.45, 2.75) is 31.5 Å². The van der Waals surface area contributed by atoms with E-state index in [0.29, 0.717) is 35.5 Å². The highest BCUT2D eigenvalue weighted by molar-refractivity contribution is 7.13. The minimum Gasteiger partial charge on any atom is -0.348 e. The Kier molecular flexibility index (Phi) is 3.76. The van der Waals surface area contributed by atoms with Crippen molar-refractivity contribution >= 4 is 50.2 Å². The number of halogens is 1. The minimum atomic E-state index is -1.18. The molecular weight excluding hydrogens is 381 g/mol. The van der Waals surface area contributed by atoms with Crippen LogP contribution < -0.4 is 10.6 Å². The van der Waals surface area contributed by atoms with Crippen molar-refractivity contribution in [2.75, 3.05) is 5.32 Å². The maximum absolute atomic E-state index is 13.6. The molecule has 8 nitrogen and oxygen atoms in total. The summed E-state index contributed by atoms with van der Waals surface area (Å²) in [7, 11) is 0. The fraction of sp³-hybridized carbons (Fsp3) is 0.278. The summed E-state index contributed by atoms with van der Waals surface area (Å²) in [5.41, 5.74) is 1.24. The van der Waals surface area contributed by atoms with E-state index in [4.69, 9.17) is 0 Å². The number of alkyl halides is 1. The molecule has 0 radical (unpaired) electrons. The van der Waals surface area contributed by atoms with Crippen molar-refractivity contribution in [3.05, 3.63) is 36.3 Å². The van der Waals surface area contributed by atoms with Crippen LogP contribution in [0.3, 0.4) is 0 Å². The van der Waals surface area contributed by atoms with Gasteiger partial charge in [-0.1, -0.05) is 0 Å². The summed E-state index contributed by atoms with van der Waals surface area (Å²) in [5.74, 6) is 0.310. The lowest BCUT2D eigenvalue weighted by molar-refractivity contribution is 0.0444. The first-order valence-corrected chi connectivity index (χ1v) is 9.57. The molecule has 4 aromatic rings. The van der Waals surface area contributed by atoms with E-state index in [1.165, 1.54) is 11.5 Å². The standard InChI is InChI=1S/C18H16FN7OS/c1-18(19)7-10(8-18)23-17(27)13-11-3-2-9(6-12(11)28-26-13)22-16-14-15(24-25-16)21-5-4-20-14/h2-6,10H,7-8H2,1H3,(H,23,27)(H2,21,22,24,25). The number of fused-ring (bicyclic) bond motifs is 2. The van der Waals surface area contributed by atoms with E-state index in [0.717, 1.165) is 15.8 Å². The van der Waals surface area contributed by atoms with Gasteiger partial charge in [-0.25, -0.2) is 14.4 Å². The number of anilines is 2. The molecule has 0 spiro atoms. The third kappa shape index (κ3) is 2.95. The largest absolute Gasteiger partial charge is 0.348 e. The van der Waals surface area contributed by atoms with Gasteiger partial charge in [0, 0.05) is 42.4 Å². The number of carbonyl (C=O) groups excluding carboxylic acids is 1. The van der Waals surface area contributed by atoms with E-state index in [1.807, 2.05) is 18.2 Å². The average molecular weight is 397 g/mol. The number of aromatic amines is 1. The average Bonchev–Trinajstić information content (AvgIpc) is 3.24. The van der Waals surface area contributed by atoms with Crippen LogP contribution in [0.1, 0.15) is 30.3 Å². The zero-order chi connectivity index (χ0) is 19.3. The predicted molar refractivity (Wildman–Crippen MR) is 105 cm³/mol. The Balaban J connectivity index is 1.37. The number of nitrogens with one attached hydrogen (secondary N) is 3. The van der Waals surface area contributed by atoms with Crippen LogP contribution in [0.15, 0.2) is 30.6 Å². The van der Waals surface area contributed by atoms with E-state index in [-0.39, 0.29) is 11.9 Å². The van der Waals surface area contributed by atoms with Crippen LogP contribution >= 0.6 is 11.5 Å². The van der Waals surface area contributed by atoms with Gasteiger partial charge in [0.2, 0.25) is 0 Å². The zero-order valence-electron chi connectivity index (χ0n) is 14.9. The molecule has 0 saturated heterocycles. The number of hydrogen-bond acceptors (Lipinski definition) is 7. The van der Waals surface area contributed by atoms with Crippen molar-refractivity contribution in [1.29, 1.82) is 0 Å². The number of rotatable bonds is 4. The van der Waals surface area contributed by atoms with Crippen LogP contribution in [-0.4, -0.2) is 42.2 Å². The van der Waals surface area contributed by atoms with Crippen molar-refractivity contribution < 1.29 is 9.18 Å². The maximum Gasteiger partial charge on any atom is 0.271 e. The number of amides is 1. The van der Waals surface area contributed by atoms with Crippen molar-refractivity contribution in [1.82, 2.24) is 29.9 Å².